The summed E-state index contributed by atoms with van der Waals surface area (Å²) in [5, 5.41) is 3.41. The monoisotopic (exact) mass is 273 g/mol. The van der Waals surface area contributed by atoms with Crippen molar-refractivity contribution in [3.05, 3.63) is 35.9 Å². The van der Waals surface area contributed by atoms with Crippen LogP contribution in [0, 0.1) is 0 Å². The summed E-state index contributed by atoms with van der Waals surface area (Å²) in [4.78, 5) is 16.4. The molecule has 1 aliphatic heterocycles. The Morgan fingerprint density at radius 2 is 1.90 bits per heavy atom. The van der Waals surface area contributed by atoms with Gasteiger partial charge in [-0.05, 0) is 19.0 Å². The zero-order valence-electron chi connectivity index (χ0n) is 12.1. The highest BCUT2D eigenvalue weighted by Gasteiger charge is 2.38. The van der Waals surface area contributed by atoms with Crippen LogP contribution in [0.4, 0.5) is 0 Å². The van der Waals surface area contributed by atoms with E-state index in [1.54, 1.807) is 0 Å². The Labute approximate surface area is 120 Å². The number of rotatable bonds is 4. The SMILES string of the molecule is CN1CCN(C(=O)CN[C@@H]2C[C@H]2c2ccccc2)CC1. The normalized spacial score (nSPS) is 26.6. The lowest BCUT2D eigenvalue weighted by molar-refractivity contribution is -0.131. The van der Waals surface area contributed by atoms with Gasteiger partial charge in [-0.1, -0.05) is 30.3 Å². The first kappa shape index (κ1) is 13.6. The molecule has 1 amide bonds. The number of likely N-dealkylation sites (N-methyl/N-ethyl adjacent to an activating group) is 1. The Kier molecular flexibility index (Phi) is 4.03. The van der Waals surface area contributed by atoms with Crippen molar-refractivity contribution in [3.8, 4) is 0 Å². The van der Waals surface area contributed by atoms with Crippen LogP contribution in [0.15, 0.2) is 30.3 Å². The van der Waals surface area contributed by atoms with Crippen LogP contribution in [0.3, 0.4) is 0 Å². The molecule has 1 aliphatic carbocycles. The molecule has 1 N–H and O–H groups in total. The van der Waals surface area contributed by atoms with Crippen LogP contribution >= 0.6 is 0 Å². The second-order valence-electron chi connectivity index (χ2n) is 5.92. The first-order chi connectivity index (χ1) is 9.74. The summed E-state index contributed by atoms with van der Waals surface area (Å²) in [5.74, 6) is 0.841. The molecular formula is C16H23N3O. The van der Waals surface area contributed by atoms with Crippen molar-refractivity contribution in [2.45, 2.75) is 18.4 Å². The molecule has 20 heavy (non-hydrogen) atoms. The molecule has 2 atom stereocenters. The summed E-state index contributed by atoms with van der Waals surface area (Å²) in [6.45, 7) is 4.19. The van der Waals surface area contributed by atoms with Gasteiger partial charge >= 0.3 is 0 Å². The molecule has 0 aromatic heterocycles. The Hall–Kier alpha value is -1.39. The number of hydrogen-bond acceptors (Lipinski definition) is 3. The third-order valence-electron chi connectivity index (χ3n) is 4.39. The van der Waals surface area contributed by atoms with E-state index in [1.807, 2.05) is 11.0 Å². The summed E-state index contributed by atoms with van der Waals surface area (Å²) in [7, 11) is 2.11. The second kappa shape index (κ2) is 5.94. The molecular weight excluding hydrogens is 250 g/mol. The lowest BCUT2D eigenvalue weighted by Gasteiger charge is -2.32. The van der Waals surface area contributed by atoms with Gasteiger partial charge in [0.2, 0.25) is 5.91 Å². The van der Waals surface area contributed by atoms with Gasteiger partial charge in [-0.3, -0.25) is 4.79 Å². The van der Waals surface area contributed by atoms with E-state index in [0.717, 1.165) is 32.6 Å². The van der Waals surface area contributed by atoms with Gasteiger partial charge in [0, 0.05) is 38.1 Å². The van der Waals surface area contributed by atoms with Crippen molar-refractivity contribution in [1.29, 1.82) is 0 Å². The molecule has 0 bridgehead atoms. The van der Waals surface area contributed by atoms with Crippen molar-refractivity contribution in [2.75, 3.05) is 39.8 Å². The van der Waals surface area contributed by atoms with Crippen molar-refractivity contribution >= 4 is 5.91 Å². The van der Waals surface area contributed by atoms with Gasteiger partial charge in [0.25, 0.3) is 0 Å². The number of benzene rings is 1. The molecule has 0 unspecified atom stereocenters. The van der Waals surface area contributed by atoms with E-state index in [1.165, 1.54) is 5.56 Å². The second-order valence-corrected chi connectivity index (χ2v) is 5.92. The molecule has 1 saturated carbocycles. The molecule has 4 nitrogen and oxygen atoms in total. The molecule has 1 aromatic carbocycles. The Bertz CT molecular complexity index is 454. The van der Waals surface area contributed by atoms with Crippen molar-refractivity contribution < 1.29 is 4.79 Å². The van der Waals surface area contributed by atoms with Gasteiger partial charge in [0.1, 0.15) is 0 Å². The molecule has 4 heteroatoms. The number of piperazine rings is 1. The fourth-order valence-electron chi connectivity index (χ4n) is 2.88. The minimum atomic E-state index is 0.247. The zero-order valence-corrected chi connectivity index (χ0v) is 12.1. The van der Waals surface area contributed by atoms with E-state index in [9.17, 15) is 4.79 Å². The van der Waals surface area contributed by atoms with E-state index >= 15 is 0 Å². The maximum Gasteiger partial charge on any atom is 0.236 e. The number of carbonyl (C=O) groups excluding carboxylic acids is 1. The average Bonchev–Trinajstić information content (AvgIpc) is 3.26. The van der Waals surface area contributed by atoms with Crippen LogP contribution in [-0.4, -0.2) is 61.5 Å². The molecule has 108 valence electrons. The maximum absolute atomic E-state index is 12.1. The molecule has 0 radical (unpaired) electrons. The van der Waals surface area contributed by atoms with Crippen LogP contribution < -0.4 is 5.32 Å². The Morgan fingerprint density at radius 1 is 1.20 bits per heavy atom. The first-order valence-electron chi connectivity index (χ1n) is 7.48. The summed E-state index contributed by atoms with van der Waals surface area (Å²) in [5.41, 5.74) is 1.39. The van der Waals surface area contributed by atoms with Gasteiger partial charge < -0.3 is 15.1 Å². The average molecular weight is 273 g/mol. The zero-order chi connectivity index (χ0) is 13.9. The molecule has 3 rings (SSSR count). The summed E-state index contributed by atoms with van der Waals surface area (Å²) in [6.07, 6.45) is 1.15. The first-order valence-corrected chi connectivity index (χ1v) is 7.48. The number of carbonyl (C=O) groups is 1. The van der Waals surface area contributed by atoms with Crippen LogP contribution in [0.1, 0.15) is 17.9 Å². The minimum absolute atomic E-state index is 0.247. The van der Waals surface area contributed by atoms with E-state index < -0.39 is 0 Å². The largest absolute Gasteiger partial charge is 0.339 e. The van der Waals surface area contributed by atoms with Gasteiger partial charge in [0.15, 0.2) is 0 Å². The third-order valence-corrected chi connectivity index (χ3v) is 4.39. The predicted molar refractivity (Wildman–Crippen MR) is 79.7 cm³/mol. The number of hydrogen-bond donors (Lipinski definition) is 1. The van der Waals surface area contributed by atoms with Crippen molar-refractivity contribution in [1.82, 2.24) is 15.1 Å². The number of amides is 1. The molecule has 2 fully saturated rings. The Balaban J connectivity index is 1.41. The highest BCUT2D eigenvalue weighted by Crippen LogP contribution is 2.40. The maximum atomic E-state index is 12.1. The molecule has 1 heterocycles. The van der Waals surface area contributed by atoms with Crippen LogP contribution in [0.2, 0.25) is 0 Å². The topological polar surface area (TPSA) is 35.6 Å². The van der Waals surface area contributed by atoms with E-state index in [2.05, 4.69) is 41.5 Å². The fourth-order valence-corrected chi connectivity index (χ4v) is 2.88. The molecule has 1 saturated heterocycles. The smallest absolute Gasteiger partial charge is 0.236 e. The fraction of sp³-hybridized carbons (Fsp3) is 0.562. The van der Waals surface area contributed by atoms with Gasteiger partial charge in [-0.25, -0.2) is 0 Å². The highest BCUT2D eigenvalue weighted by molar-refractivity contribution is 5.78. The third kappa shape index (κ3) is 3.19. The predicted octanol–water partition coefficient (Wildman–Crippen LogP) is 0.906. The summed E-state index contributed by atoms with van der Waals surface area (Å²) >= 11 is 0. The Morgan fingerprint density at radius 3 is 2.60 bits per heavy atom. The number of nitrogens with one attached hydrogen (secondary N) is 1. The lowest BCUT2D eigenvalue weighted by atomic mass is 10.1. The number of nitrogens with zero attached hydrogens (tertiary/aromatic N) is 2. The lowest BCUT2D eigenvalue weighted by Crippen LogP contribution is -2.49. The van der Waals surface area contributed by atoms with Crippen LogP contribution in [0.25, 0.3) is 0 Å². The highest BCUT2D eigenvalue weighted by atomic mass is 16.2. The van der Waals surface area contributed by atoms with Crippen LogP contribution in [-0.2, 0) is 4.79 Å². The molecule has 2 aliphatic rings. The van der Waals surface area contributed by atoms with Crippen LogP contribution in [0.5, 0.6) is 0 Å². The minimum Gasteiger partial charge on any atom is -0.339 e. The summed E-state index contributed by atoms with van der Waals surface area (Å²) in [6, 6.07) is 11.0. The molecule has 0 spiro atoms. The van der Waals surface area contributed by atoms with Gasteiger partial charge in [-0.15, -0.1) is 0 Å². The van der Waals surface area contributed by atoms with Gasteiger partial charge in [-0.2, -0.15) is 0 Å². The van der Waals surface area contributed by atoms with Gasteiger partial charge in [0.05, 0.1) is 6.54 Å². The standard InChI is InChI=1S/C16H23N3O/c1-18-7-9-19(10-8-18)16(20)12-17-15-11-14(15)13-5-3-2-4-6-13/h2-6,14-15,17H,7-12H2,1H3/t14-,15+/m0/s1. The summed E-state index contributed by atoms with van der Waals surface area (Å²) < 4.78 is 0. The van der Waals surface area contributed by atoms with Crippen molar-refractivity contribution in [2.24, 2.45) is 0 Å². The van der Waals surface area contributed by atoms with E-state index in [0.29, 0.717) is 18.5 Å². The van der Waals surface area contributed by atoms with E-state index in [-0.39, 0.29) is 5.91 Å². The molecule has 1 aromatic rings. The van der Waals surface area contributed by atoms with Crippen molar-refractivity contribution in [3.63, 3.8) is 0 Å². The quantitative estimate of drug-likeness (QED) is 0.885. The van der Waals surface area contributed by atoms with E-state index in [4.69, 9.17) is 0 Å².